The molecule has 3 aromatic heterocycles. The molecule has 0 unspecified atom stereocenters. The number of ether oxygens (including phenoxy) is 1. The van der Waals surface area contributed by atoms with E-state index in [0.29, 0.717) is 27.4 Å². The molecule has 162 valence electrons. The van der Waals surface area contributed by atoms with Crippen molar-refractivity contribution in [3.05, 3.63) is 59.8 Å². The van der Waals surface area contributed by atoms with Crippen molar-refractivity contribution in [1.82, 2.24) is 24.8 Å². The third-order valence-electron chi connectivity index (χ3n) is 5.47. The van der Waals surface area contributed by atoms with Gasteiger partial charge < -0.3 is 15.4 Å². The topological polar surface area (TPSA) is 107 Å². The second-order valence-electron chi connectivity index (χ2n) is 7.36. The summed E-state index contributed by atoms with van der Waals surface area (Å²) in [4.78, 5) is 31.2. The number of nitrogen functional groups attached to an aromatic ring is 1. The van der Waals surface area contributed by atoms with Crippen molar-refractivity contribution in [1.29, 1.82) is 0 Å². The van der Waals surface area contributed by atoms with E-state index in [4.69, 9.17) is 10.5 Å². The summed E-state index contributed by atoms with van der Waals surface area (Å²) in [6, 6.07) is 4.29. The molecule has 0 aliphatic carbocycles. The summed E-state index contributed by atoms with van der Waals surface area (Å²) in [5.74, 6) is -0.0836. The van der Waals surface area contributed by atoms with Gasteiger partial charge in [0.15, 0.2) is 5.82 Å². The molecule has 5 rings (SSSR count). The zero-order valence-electron chi connectivity index (χ0n) is 16.6. The molecule has 4 heterocycles. The number of alkyl halides is 3. The molecule has 2 N–H and O–H groups in total. The monoisotopic (exact) mass is 440 g/mol. The Kier molecular flexibility index (Phi) is 4.36. The smallest absolute Gasteiger partial charge is 0.416 e. The lowest BCUT2D eigenvalue weighted by atomic mass is 10.0. The van der Waals surface area contributed by atoms with Crippen molar-refractivity contribution >= 4 is 33.5 Å². The van der Waals surface area contributed by atoms with Gasteiger partial charge in [-0.2, -0.15) is 13.2 Å². The summed E-state index contributed by atoms with van der Waals surface area (Å²) in [5, 5.41) is 1.24. The minimum Gasteiger partial charge on any atom is -0.491 e. The number of nitrogens with zero attached hydrogens (tertiary/aromatic N) is 5. The number of carbonyl (C=O) groups excluding carboxylic acids is 1. The highest BCUT2D eigenvalue weighted by molar-refractivity contribution is 6.09. The number of rotatable bonds is 2. The standard InChI is InChI=1S/C21H15F3N6O2/c1-30(16-8-32-17-4-10(21(22,23)24)2-3-11(16)17)20(31)14-5-12-13-6-26-9-28-18(13)19(25)29-15(12)7-27-14/h2-7,9,16H,8H2,1H3,(H2,25,29)/t16-/m1/s1. The van der Waals surface area contributed by atoms with Gasteiger partial charge in [0.2, 0.25) is 0 Å². The van der Waals surface area contributed by atoms with Gasteiger partial charge in [-0.15, -0.1) is 0 Å². The van der Waals surface area contributed by atoms with Gasteiger partial charge in [-0.25, -0.2) is 19.9 Å². The van der Waals surface area contributed by atoms with E-state index < -0.39 is 23.7 Å². The number of pyridine rings is 2. The zero-order chi connectivity index (χ0) is 22.6. The quantitative estimate of drug-likeness (QED) is 0.476. The van der Waals surface area contributed by atoms with E-state index in [1.807, 2.05) is 0 Å². The van der Waals surface area contributed by atoms with Crippen LogP contribution in [-0.4, -0.2) is 44.4 Å². The summed E-state index contributed by atoms with van der Waals surface area (Å²) in [5.41, 5.74) is 6.73. The van der Waals surface area contributed by atoms with Crippen molar-refractivity contribution in [3.63, 3.8) is 0 Å². The van der Waals surface area contributed by atoms with Crippen LogP contribution in [0.2, 0.25) is 0 Å². The fourth-order valence-corrected chi connectivity index (χ4v) is 3.80. The normalized spacial score (nSPS) is 15.6. The van der Waals surface area contributed by atoms with Crippen molar-refractivity contribution in [2.24, 2.45) is 0 Å². The van der Waals surface area contributed by atoms with Crippen molar-refractivity contribution in [2.45, 2.75) is 12.2 Å². The molecule has 1 amide bonds. The average molecular weight is 440 g/mol. The van der Waals surface area contributed by atoms with Crippen LogP contribution in [0.5, 0.6) is 5.75 Å². The van der Waals surface area contributed by atoms with E-state index in [2.05, 4.69) is 19.9 Å². The molecule has 0 saturated carbocycles. The van der Waals surface area contributed by atoms with E-state index in [0.717, 1.165) is 12.1 Å². The lowest BCUT2D eigenvalue weighted by Crippen LogP contribution is -2.32. The fraction of sp³-hybridized carbons (Fsp3) is 0.190. The molecule has 11 heteroatoms. The summed E-state index contributed by atoms with van der Waals surface area (Å²) in [6.45, 7) is 0.0430. The number of amides is 1. The van der Waals surface area contributed by atoms with Crippen LogP contribution in [0, 0.1) is 0 Å². The minimum atomic E-state index is -4.48. The van der Waals surface area contributed by atoms with Crippen LogP contribution in [0.15, 0.2) is 43.0 Å². The van der Waals surface area contributed by atoms with Crippen LogP contribution in [0.1, 0.15) is 27.7 Å². The molecule has 0 fully saturated rings. The summed E-state index contributed by atoms with van der Waals surface area (Å²) >= 11 is 0. The number of benzene rings is 1. The van der Waals surface area contributed by atoms with Gasteiger partial charge in [0.25, 0.3) is 5.91 Å². The van der Waals surface area contributed by atoms with Gasteiger partial charge in [-0.3, -0.25) is 4.79 Å². The molecule has 0 saturated heterocycles. The maximum Gasteiger partial charge on any atom is 0.416 e. The van der Waals surface area contributed by atoms with Crippen LogP contribution >= 0.6 is 0 Å². The Morgan fingerprint density at radius 3 is 2.78 bits per heavy atom. The molecule has 1 aliphatic rings. The molecule has 0 bridgehead atoms. The highest BCUT2D eigenvalue weighted by Gasteiger charge is 2.36. The summed E-state index contributed by atoms with van der Waals surface area (Å²) in [6.07, 6.45) is -0.0972. The van der Waals surface area contributed by atoms with Crippen molar-refractivity contribution in [3.8, 4) is 5.75 Å². The van der Waals surface area contributed by atoms with Gasteiger partial charge in [0.1, 0.15) is 29.9 Å². The molecule has 0 spiro atoms. The number of fused-ring (bicyclic) bond motifs is 4. The van der Waals surface area contributed by atoms with Crippen LogP contribution in [0.3, 0.4) is 0 Å². The van der Waals surface area contributed by atoms with Gasteiger partial charge in [0.05, 0.1) is 23.3 Å². The Morgan fingerprint density at radius 2 is 2.00 bits per heavy atom. The SMILES string of the molecule is CN(C(=O)c1cc2c(cn1)nc(N)c1ncncc12)[C@@H]1COc2cc(C(F)(F)F)ccc21. The second kappa shape index (κ2) is 7.01. The van der Waals surface area contributed by atoms with E-state index in [1.165, 1.54) is 23.5 Å². The van der Waals surface area contributed by atoms with Gasteiger partial charge in [-0.1, -0.05) is 6.07 Å². The van der Waals surface area contributed by atoms with Crippen LogP contribution < -0.4 is 10.5 Å². The maximum atomic E-state index is 13.2. The Hall–Kier alpha value is -4.02. The van der Waals surface area contributed by atoms with Crippen LogP contribution in [-0.2, 0) is 6.18 Å². The first-order chi connectivity index (χ1) is 15.2. The van der Waals surface area contributed by atoms with Gasteiger partial charge in [0, 0.05) is 29.6 Å². The van der Waals surface area contributed by atoms with Crippen LogP contribution in [0.25, 0.3) is 21.8 Å². The third kappa shape index (κ3) is 3.13. The fourth-order valence-electron chi connectivity index (χ4n) is 3.80. The number of carbonyl (C=O) groups is 1. The second-order valence-corrected chi connectivity index (χ2v) is 7.36. The molecular weight excluding hydrogens is 425 g/mol. The van der Waals surface area contributed by atoms with Crippen molar-refractivity contribution < 1.29 is 22.7 Å². The molecule has 8 nitrogen and oxygen atoms in total. The highest BCUT2D eigenvalue weighted by atomic mass is 19.4. The lowest BCUT2D eigenvalue weighted by molar-refractivity contribution is -0.137. The van der Waals surface area contributed by atoms with E-state index in [1.54, 1.807) is 19.3 Å². The first-order valence-corrected chi connectivity index (χ1v) is 9.50. The predicted molar refractivity (Wildman–Crippen MR) is 109 cm³/mol. The van der Waals surface area contributed by atoms with E-state index >= 15 is 0 Å². The number of hydrogen-bond acceptors (Lipinski definition) is 7. The Bertz CT molecular complexity index is 1390. The molecule has 1 aromatic carbocycles. The Labute approximate surface area is 178 Å². The Balaban J connectivity index is 1.50. The van der Waals surface area contributed by atoms with E-state index in [9.17, 15) is 18.0 Å². The molecule has 0 radical (unpaired) electrons. The van der Waals surface area contributed by atoms with Crippen molar-refractivity contribution in [2.75, 3.05) is 19.4 Å². The summed E-state index contributed by atoms with van der Waals surface area (Å²) in [7, 11) is 1.55. The number of nitrogens with two attached hydrogens (primary N) is 1. The summed E-state index contributed by atoms with van der Waals surface area (Å²) < 4.78 is 44.4. The number of aromatic nitrogens is 4. The maximum absolute atomic E-state index is 13.2. The molecule has 1 aliphatic heterocycles. The molecule has 1 atom stereocenters. The molecular formula is C21H15F3N6O2. The van der Waals surface area contributed by atoms with Crippen LogP contribution in [0.4, 0.5) is 19.0 Å². The molecule has 4 aromatic rings. The van der Waals surface area contributed by atoms with E-state index in [-0.39, 0.29) is 23.9 Å². The average Bonchev–Trinajstić information content (AvgIpc) is 3.21. The predicted octanol–water partition coefficient (Wildman–Crippen LogP) is 3.38. The van der Waals surface area contributed by atoms with Gasteiger partial charge in [-0.05, 0) is 18.2 Å². The largest absolute Gasteiger partial charge is 0.491 e. The number of halogens is 3. The highest BCUT2D eigenvalue weighted by Crippen LogP contribution is 2.40. The first kappa shape index (κ1) is 19.9. The zero-order valence-corrected chi connectivity index (χ0v) is 16.6. The minimum absolute atomic E-state index is 0.0430. The molecule has 32 heavy (non-hydrogen) atoms. The number of anilines is 1. The van der Waals surface area contributed by atoms with Gasteiger partial charge >= 0.3 is 6.18 Å². The number of likely N-dealkylation sites (N-methyl/N-ethyl adjacent to an activating group) is 1. The third-order valence-corrected chi connectivity index (χ3v) is 5.47. The first-order valence-electron chi connectivity index (χ1n) is 9.50. The lowest BCUT2D eigenvalue weighted by Gasteiger charge is -2.23. The Morgan fingerprint density at radius 1 is 1.19 bits per heavy atom. The number of hydrogen-bond donors (Lipinski definition) is 1.